The summed E-state index contributed by atoms with van der Waals surface area (Å²) < 4.78 is 56.2. The van der Waals surface area contributed by atoms with Crippen molar-refractivity contribution in [2.45, 2.75) is 77.8 Å². The fraction of sp³-hybridized carbons (Fsp3) is 0.280. The largest absolute Gasteiger partial charge is 0.493 e. The Bertz CT molecular complexity index is 2970. The topological polar surface area (TPSA) is 164 Å². The lowest BCUT2D eigenvalue weighted by Gasteiger charge is -2.18. The van der Waals surface area contributed by atoms with E-state index in [0.717, 1.165) is 67.9 Å². The Hall–Kier alpha value is -6.58. The molecule has 66 heavy (non-hydrogen) atoms. The Morgan fingerprint density at radius 2 is 1.42 bits per heavy atom. The molecule has 8 aromatic rings. The Kier molecular flexibility index (Phi) is 14.6. The van der Waals surface area contributed by atoms with Gasteiger partial charge in [-0.1, -0.05) is 43.6 Å². The molecule has 0 aliphatic heterocycles. The van der Waals surface area contributed by atoms with Gasteiger partial charge in [-0.3, -0.25) is 9.59 Å². The third kappa shape index (κ3) is 10.9. The van der Waals surface area contributed by atoms with Gasteiger partial charge in [0.1, 0.15) is 22.3 Å². The number of fused-ring (bicyclic) bond motifs is 2. The van der Waals surface area contributed by atoms with Crippen molar-refractivity contribution in [3.63, 3.8) is 0 Å². The average molecular weight is 941 g/mol. The average Bonchev–Trinajstić information content (AvgIpc) is 4.11. The van der Waals surface area contributed by atoms with E-state index in [1.54, 1.807) is 37.4 Å². The lowest BCUT2D eigenvalue weighted by atomic mass is 9.84. The fourth-order valence-corrected chi connectivity index (χ4v) is 8.80. The highest BCUT2D eigenvalue weighted by Gasteiger charge is 2.32. The zero-order chi connectivity index (χ0) is 47.2. The third-order valence-corrected chi connectivity index (χ3v) is 12.8. The van der Waals surface area contributed by atoms with Gasteiger partial charge in [0, 0.05) is 75.9 Å². The summed E-state index contributed by atoms with van der Waals surface area (Å²) in [6, 6.07) is 23.8. The van der Waals surface area contributed by atoms with Crippen molar-refractivity contribution in [2.75, 3.05) is 13.2 Å². The minimum absolute atomic E-state index is 0.107. The number of hydrogen-bond acceptors (Lipinski definition) is 8. The normalized spacial score (nSPS) is 11.8. The van der Waals surface area contributed by atoms with Crippen LogP contribution in [0.25, 0.3) is 43.8 Å². The number of aromatic amines is 2. The van der Waals surface area contributed by atoms with Gasteiger partial charge in [0.25, 0.3) is 0 Å². The van der Waals surface area contributed by atoms with E-state index in [9.17, 15) is 27.9 Å². The lowest BCUT2D eigenvalue weighted by Crippen LogP contribution is -2.28. The second-order valence-corrected chi connectivity index (χ2v) is 17.5. The number of ether oxygens (including phenoxy) is 2. The van der Waals surface area contributed by atoms with E-state index in [2.05, 4.69) is 21.9 Å². The molecule has 0 bridgehead atoms. The molecule has 0 spiro atoms. The van der Waals surface area contributed by atoms with Crippen molar-refractivity contribution in [1.29, 1.82) is 0 Å². The zero-order valence-electron chi connectivity index (χ0n) is 36.6. The van der Waals surface area contributed by atoms with Gasteiger partial charge in [-0.25, -0.2) is 9.97 Å². The van der Waals surface area contributed by atoms with Gasteiger partial charge in [-0.15, -0.1) is 11.3 Å². The number of alkyl halides is 3. The molecule has 11 nitrogen and oxygen atoms in total. The molecule has 344 valence electrons. The molecule has 0 saturated carbocycles. The highest BCUT2D eigenvalue weighted by Crippen LogP contribution is 2.36. The van der Waals surface area contributed by atoms with E-state index in [1.807, 2.05) is 67.7 Å². The van der Waals surface area contributed by atoms with E-state index in [0.29, 0.717) is 72.3 Å². The van der Waals surface area contributed by atoms with E-state index in [-0.39, 0.29) is 12.3 Å². The van der Waals surface area contributed by atoms with Crippen LogP contribution in [0.4, 0.5) is 13.2 Å². The van der Waals surface area contributed by atoms with Crippen molar-refractivity contribution in [3.8, 4) is 33.5 Å². The van der Waals surface area contributed by atoms with Crippen LogP contribution in [0.15, 0.2) is 102 Å². The molecule has 0 aliphatic carbocycles. The van der Waals surface area contributed by atoms with Gasteiger partial charge in [0.15, 0.2) is 0 Å². The number of aliphatic carboxylic acids is 2. The van der Waals surface area contributed by atoms with Gasteiger partial charge < -0.3 is 34.1 Å². The molecule has 4 N–H and O–H groups in total. The Balaban J connectivity index is 0.000000198. The molecular weight excluding hydrogens is 893 g/mol. The number of carboxylic acids is 2. The Morgan fingerprint density at radius 3 is 2.05 bits per heavy atom. The van der Waals surface area contributed by atoms with Gasteiger partial charge >= 0.3 is 18.1 Å². The van der Waals surface area contributed by atoms with Crippen LogP contribution in [0.5, 0.6) is 11.5 Å². The van der Waals surface area contributed by atoms with Gasteiger partial charge in [-0.2, -0.15) is 13.2 Å². The number of rotatable bonds is 17. The molecule has 0 atom stereocenters. The summed E-state index contributed by atoms with van der Waals surface area (Å²) in [4.78, 5) is 39.4. The van der Waals surface area contributed by atoms with Crippen LogP contribution in [0.1, 0.15) is 72.8 Å². The summed E-state index contributed by atoms with van der Waals surface area (Å²) >= 11 is 8.03. The minimum Gasteiger partial charge on any atom is -0.493 e. The Morgan fingerprint density at radius 1 is 0.788 bits per heavy atom. The number of aryl methyl sites for hydroxylation is 3. The van der Waals surface area contributed by atoms with Crippen LogP contribution >= 0.6 is 22.9 Å². The van der Waals surface area contributed by atoms with Crippen LogP contribution in [-0.2, 0) is 53.3 Å². The number of nitrogens with one attached hydrogen (secondary N) is 2. The number of benzene rings is 4. The minimum atomic E-state index is -4.40. The molecule has 4 aromatic carbocycles. The summed E-state index contributed by atoms with van der Waals surface area (Å²) in [5.74, 6) is 0.543. The van der Waals surface area contributed by atoms with Crippen LogP contribution in [0.3, 0.4) is 0 Å². The molecule has 0 radical (unpaired) electrons. The smallest absolute Gasteiger partial charge is 0.416 e. The second kappa shape index (κ2) is 20.3. The highest BCUT2D eigenvalue weighted by molar-refractivity contribution is 7.15. The molecule has 4 aromatic heterocycles. The van der Waals surface area contributed by atoms with Crippen molar-refractivity contribution in [2.24, 2.45) is 0 Å². The van der Waals surface area contributed by atoms with Gasteiger partial charge in [-0.05, 0) is 105 Å². The second-order valence-electron chi connectivity index (χ2n) is 16.0. The van der Waals surface area contributed by atoms with Gasteiger partial charge in [0.2, 0.25) is 5.89 Å². The van der Waals surface area contributed by atoms with Gasteiger partial charge in [0.05, 0.1) is 40.6 Å². The van der Waals surface area contributed by atoms with Crippen molar-refractivity contribution < 1.29 is 46.9 Å². The van der Waals surface area contributed by atoms with Crippen LogP contribution in [-0.4, -0.2) is 55.3 Å². The number of thiazole rings is 1. The number of oxazole rings is 1. The maximum absolute atomic E-state index is 12.8. The number of carboxylic acid groups (broad SMARTS) is 2. The number of halogens is 4. The molecular formula is C50H48ClF3N4O7S. The molecule has 0 aliphatic rings. The first-order valence-corrected chi connectivity index (χ1v) is 22.6. The predicted octanol–water partition coefficient (Wildman–Crippen LogP) is 12.5. The first-order valence-electron chi connectivity index (χ1n) is 21.4. The van der Waals surface area contributed by atoms with Crippen molar-refractivity contribution in [3.05, 3.63) is 141 Å². The number of aromatic nitrogens is 4. The predicted molar refractivity (Wildman–Crippen MR) is 250 cm³/mol. The summed E-state index contributed by atoms with van der Waals surface area (Å²) in [5.41, 5.74) is 4.79. The van der Waals surface area contributed by atoms with Crippen LogP contribution < -0.4 is 9.47 Å². The quantitative estimate of drug-likeness (QED) is 0.0696. The molecule has 0 fully saturated rings. The number of carbonyl (C=O) groups is 2. The number of nitrogens with zero attached hydrogens (tertiary/aromatic N) is 2. The van der Waals surface area contributed by atoms with E-state index in [1.165, 1.54) is 17.0 Å². The number of hydrogen-bond donors (Lipinski definition) is 4. The highest BCUT2D eigenvalue weighted by atomic mass is 35.5. The van der Waals surface area contributed by atoms with E-state index >= 15 is 0 Å². The van der Waals surface area contributed by atoms with E-state index < -0.39 is 29.1 Å². The molecule has 16 heteroatoms. The lowest BCUT2D eigenvalue weighted by molar-refractivity contribution is -0.142. The molecule has 8 rings (SSSR count). The van der Waals surface area contributed by atoms with Crippen LogP contribution in [0.2, 0.25) is 5.02 Å². The maximum Gasteiger partial charge on any atom is 0.416 e. The summed E-state index contributed by atoms with van der Waals surface area (Å²) in [5, 5.41) is 22.0. The SMILES string of the molecule is CCc1oc(-c2ccc(C(F)(F)F)cc2)nc1CCOc1ccc2[nH]cc(C(C)(C)C(=O)O)c2c1.CCc1sc(-c2ccccc2Cl)nc1CCOc1ccc2[nH]cc(CCC(=O)O)c2c1. The van der Waals surface area contributed by atoms with Crippen LogP contribution in [0, 0.1) is 0 Å². The first kappa shape index (κ1) is 47.4. The fourth-order valence-electron chi connectivity index (χ4n) is 7.43. The summed E-state index contributed by atoms with van der Waals surface area (Å²) in [7, 11) is 0. The summed E-state index contributed by atoms with van der Waals surface area (Å²) in [6.07, 6.45) is 2.40. The van der Waals surface area contributed by atoms with Crippen molar-refractivity contribution in [1.82, 2.24) is 19.9 Å². The molecule has 0 unspecified atom stereocenters. The zero-order valence-corrected chi connectivity index (χ0v) is 38.2. The number of H-pyrrole nitrogens is 2. The molecule has 0 amide bonds. The molecule has 4 heterocycles. The van der Waals surface area contributed by atoms with Crippen molar-refractivity contribution >= 4 is 56.7 Å². The van der Waals surface area contributed by atoms with E-state index in [4.69, 9.17) is 35.6 Å². The monoisotopic (exact) mass is 940 g/mol. The maximum atomic E-state index is 12.8. The summed E-state index contributed by atoms with van der Waals surface area (Å²) in [6.45, 7) is 8.14. The third-order valence-electron chi connectivity index (χ3n) is 11.2. The Labute approximate surface area is 387 Å². The first-order chi connectivity index (χ1) is 31.5. The standard InChI is InChI=1S/C26H25F3N2O4.C24H23ClN2O3S/c1-4-22-21(31-23(35-22)15-5-7-16(8-6-15)26(27,28)29)11-12-34-17-9-10-20-18(13-17)19(14-30-20)25(2,3)24(32)33;1-2-22-21(27-24(31-22)17-5-3-4-6-19(17)25)11-12-30-16-8-9-20-18(13-16)15(14-26-20)7-10-23(28)29/h5-10,13-14,30H,4,11-12H2,1-3H3,(H,32,33);3-6,8-9,13-14,26H,2,7,10-12H2,1H3,(H,28,29). The molecule has 0 saturated heterocycles.